The van der Waals surface area contributed by atoms with E-state index in [1.54, 1.807) is 23.9 Å². The number of carbonyl (C=O) groups excluding carboxylic acids is 1. The van der Waals surface area contributed by atoms with Crippen LogP contribution in [0.1, 0.15) is 34.3 Å². The van der Waals surface area contributed by atoms with Crippen LogP contribution in [0.15, 0.2) is 59.8 Å². The maximum Gasteiger partial charge on any atom is 0.263 e. The summed E-state index contributed by atoms with van der Waals surface area (Å²) >= 11 is 0. The van der Waals surface area contributed by atoms with Gasteiger partial charge in [-0.05, 0) is 55.5 Å². The molecule has 4 rings (SSSR count). The van der Waals surface area contributed by atoms with Crippen molar-refractivity contribution in [2.75, 3.05) is 13.2 Å². The molecule has 1 saturated heterocycles. The number of hydrogen-bond acceptors (Lipinski definition) is 4. The van der Waals surface area contributed by atoms with Gasteiger partial charge < -0.3 is 14.6 Å². The van der Waals surface area contributed by atoms with Crippen LogP contribution in [-0.2, 0) is 17.7 Å². The summed E-state index contributed by atoms with van der Waals surface area (Å²) in [6.45, 7) is 3.44. The molecule has 1 aliphatic rings. The second kappa shape index (κ2) is 9.09. The Labute approximate surface area is 175 Å². The third-order valence-corrected chi connectivity index (χ3v) is 5.38. The number of pyridine rings is 1. The first-order chi connectivity index (χ1) is 14.6. The first-order valence-corrected chi connectivity index (χ1v) is 10.3. The Morgan fingerprint density at radius 3 is 2.87 bits per heavy atom. The molecule has 1 N–H and O–H groups in total. The Hall–Kier alpha value is -3.19. The fraction of sp³-hybridized carbons (Fsp3) is 0.348. The summed E-state index contributed by atoms with van der Waals surface area (Å²) in [7, 11) is 0. The van der Waals surface area contributed by atoms with Crippen LogP contribution in [0, 0.1) is 6.92 Å². The minimum Gasteiger partial charge on any atom is -0.376 e. The average molecular weight is 406 g/mol. The van der Waals surface area contributed by atoms with Crippen molar-refractivity contribution in [3.05, 3.63) is 82.0 Å². The molecular weight excluding hydrogens is 380 g/mol. The maximum atomic E-state index is 12.8. The van der Waals surface area contributed by atoms with Crippen LogP contribution in [0.4, 0.5) is 0 Å². The Balaban J connectivity index is 1.38. The Kier molecular flexibility index (Phi) is 6.09. The Bertz CT molecular complexity index is 1070. The van der Waals surface area contributed by atoms with Gasteiger partial charge in [0.2, 0.25) is 0 Å². The summed E-state index contributed by atoms with van der Waals surface area (Å²) in [4.78, 5) is 25.6. The van der Waals surface area contributed by atoms with E-state index < -0.39 is 0 Å². The number of ether oxygens (including phenoxy) is 1. The summed E-state index contributed by atoms with van der Waals surface area (Å²) in [5.41, 5.74) is 2.62. The van der Waals surface area contributed by atoms with Crippen molar-refractivity contribution in [2.24, 2.45) is 0 Å². The molecule has 1 aromatic carbocycles. The lowest BCUT2D eigenvalue weighted by atomic mass is 10.1. The third kappa shape index (κ3) is 4.52. The molecule has 1 amide bonds. The van der Waals surface area contributed by atoms with Gasteiger partial charge in [0.15, 0.2) is 0 Å². The number of nitrogens with zero attached hydrogens (tertiary/aromatic N) is 3. The molecule has 30 heavy (non-hydrogen) atoms. The standard InChI is InChI=1S/C23H26N4O3/c1-17-10-12-26(16-20-8-5-13-30-20)23(29)21(17)22(28)24-11-9-18-14-25-27(15-18)19-6-3-2-4-7-19/h2-4,6-7,10,12,14-15,20H,5,8-9,11,13,16H2,1H3,(H,24,28). The van der Waals surface area contributed by atoms with E-state index >= 15 is 0 Å². The van der Waals surface area contributed by atoms with Gasteiger partial charge in [-0.15, -0.1) is 0 Å². The Morgan fingerprint density at radius 2 is 2.10 bits per heavy atom. The van der Waals surface area contributed by atoms with Crippen LogP contribution in [0.25, 0.3) is 5.69 Å². The zero-order valence-corrected chi connectivity index (χ0v) is 17.1. The molecule has 2 aromatic heterocycles. The van der Waals surface area contributed by atoms with Crippen molar-refractivity contribution in [1.29, 1.82) is 0 Å². The predicted molar refractivity (Wildman–Crippen MR) is 114 cm³/mol. The topological polar surface area (TPSA) is 78.2 Å². The molecule has 7 nitrogen and oxygen atoms in total. The predicted octanol–water partition coefficient (Wildman–Crippen LogP) is 2.49. The number of rotatable bonds is 7. The van der Waals surface area contributed by atoms with E-state index in [0.717, 1.165) is 30.7 Å². The van der Waals surface area contributed by atoms with Gasteiger partial charge in [-0.2, -0.15) is 5.10 Å². The highest BCUT2D eigenvalue weighted by Crippen LogP contribution is 2.14. The van der Waals surface area contributed by atoms with Crippen molar-refractivity contribution in [3.8, 4) is 5.69 Å². The minimum atomic E-state index is -0.338. The molecule has 1 atom stereocenters. The van der Waals surface area contributed by atoms with Gasteiger partial charge in [0.05, 0.1) is 24.5 Å². The van der Waals surface area contributed by atoms with E-state index in [2.05, 4.69) is 10.4 Å². The summed E-state index contributed by atoms with van der Waals surface area (Å²) in [5.74, 6) is -0.338. The lowest BCUT2D eigenvalue weighted by molar-refractivity contribution is 0.0930. The first-order valence-electron chi connectivity index (χ1n) is 10.3. The van der Waals surface area contributed by atoms with Crippen molar-refractivity contribution >= 4 is 5.91 Å². The smallest absolute Gasteiger partial charge is 0.263 e. The maximum absolute atomic E-state index is 12.8. The van der Waals surface area contributed by atoms with Crippen LogP contribution in [0.3, 0.4) is 0 Å². The number of amides is 1. The molecule has 1 aliphatic heterocycles. The van der Waals surface area contributed by atoms with E-state index in [9.17, 15) is 9.59 Å². The van der Waals surface area contributed by atoms with E-state index in [-0.39, 0.29) is 23.1 Å². The van der Waals surface area contributed by atoms with E-state index in [4.69, 9.17) is 4.74 Å². The van der Waals surface area contributed by atoms with Crippen molar-refractivity contribution in [1.82, 2.24) is 19.7 Å². The summed E-state index contributed by atoms with van der Waals surface area (Å²) < 4.78 is 9.02. The second-order valence-electron chi connectivity index (χ2n) is 7.60. The summed E-state index contributed by atoms with van der Waals surface area (Å²) in [6, 6.07) is 11.7. The van der Waals surface area contributed by atoms with Crippen molar-refractivity contribution in [3.63, 3.8) is 0 Å². The van der Waals surface area contributed by atoms with E-state index in [0.29, 0.717) is 25.1 Å². The van der Waals surface area contributed by atoms with Gasteiger partial charge in [-0.3, -0.25) is 9.59 Å². The van der Waals surface area contributed by atoms with Gasteiger partial charge in [0.25, 0.3) is 11.5 Å². The molecule has 0 bridgehead atoms. The highest BCUT2D eigenvalue weighted by Gasteiger charge is 2.20. The van der Waals surface area contributed by atoms with E-state index in [1.165, 1.54) is 0 Å². The van der Waals surface area contributed by atoms with Crippen molar-refractivity contribution in [2.45, 2.75) is 38.8 Å². The molecule has 0 spiro atoms. The number of aryl methyl sites for hydroxylation is 1. The van der Waals surface area contributed by atoms with E-state index in [1.807, 2.05) is 47.3 Å². The van der Waals surface area contributed by atoms with Crippen LogP contribution in [0.2, 0.25) is 0 Å². The van der Waals surface area contributed by atoms with Gasteiger partial charge >= 0.3 is 0 Å². The first kappa shape index (κ1) is 20.1. The highest BCUT2D eigenvalue weighted by atomic mass is 16.5. The molecule has 156 valence electrons. The number of hydrogen-bond donors (Lipinski definition) is 1. The molecule has 3 heterocycles. The number of para-hydroxylation sites is 1. The summed E-state index contributed by atoms with van der Waals surface area (Å²) in [6.07, 6.45) is 8.12. The van der Waals surface area contributed by atoms with Gasteiger partial charge in [-0.25, -0.2) is 4.68 Å². The molecule has 0 radical (unpaired) electrons. The molecule has 1 unspecified atom stereocenters. The van der Waals surface area contributed by atoms with Crippen LogP contribution in [-0.4, -0.2) is 39.5 Å². The fourth-order valence-electron chi connectivity index (χ4n) is 3.71. The lowest BCUT2D eigenvalue weighted by Crippen LogP contribution is -2.36. The number of nitrogens with one attached hydrogen (secondary N) is 1. The molecule has 0 aliphatic carbocycles. The average Bonchev–Trinajstić information content (AvgIpc) is 3.43. The van der Waals surface area contributed by atoms with Crippen LogP contribution >= 0.6 is 0 Å². The van der Waals surface area contributed by atoms with Gasteiger partial charge in [0.1, 0.15) is 5.56 Å². The monoisotopic (exact) mass is 406 g/mol. The third-order valence-electron chi connectivity index (χ3n) is 5.38. The molecule has 3 aromatic rings. The second-order valence-corrected chi connectivity index (χ2v) is 7.60. The molecule has 7 heteroatoms. The van der Waals surface area contributed by atoms with Gasteiger partial charge in [-0.1, -0.05) is 18.2 Å². The zero-order chi connectivity index (χ0) is 20.9. The molecule has 0 saturated carbocycles. The number of benzene rings is 1. The van der Waals surface area contributed by atoms with Gasteiger partial charge in [0, 0.05) is 25.5 Å². The number of aromatic nitrogens is 3. The zero-order valence-electron chi connectivity index (χ0n) is 17.1. The molecular formula is C23H26N4O3. The normalized spacial score (nSPS) is 16.0. The quantitative estimate of drug-likeness (QED) is 0.654. The highest BCUT2D eigenvalue weighted by molar-refractivity contribution is 5.95. The van der Waals surface area contributed by atoms with Crippen LogP contribution < -0.4 is 10.9 Å². The minimum absolute atomic E-state index is 0.0440. The summed E-state index contributed by atoms with van der Waals surface area (Å²) in [5, 5.41) is 7.25. The lowest BCUT2D eigenvalue weighted by Gasteiger charge is -2.14. The largest absolute Gasteiger partial charge is 0.376 e. The van der Waals surface area contributed by atoms with Crippen LogP contribution in [0.5, 0.6) is 0 Å². The number of carbonyl (C=O) groups is 1. The fourth-order valence-corrected chi connectivity index (χ4v) is 3.71. The van der Waals surface area contributed by atoms with Crippen molar-refractivity contribution < 1.29 is 9.53 Å². The SMILES string of the molecule is Cc1ccn(CC2CCCO2)c(=O)c1C(=O)NCCc1cnn(-c2ccccc2)c1. The Morgan fingerprint density at radius 1 is 1.27 bits per heavy atom. The molecule has 1 fully saturated rings.